The van der Waals surface area contributed by atoms with Crippen molar-refractivity contribution in [1.29, 1.82) is 0 Å². The van der Waals surface area contributed by atoms with E-state index in [9.17, 15) is 0 Å². The summed E-state index contributed by atoms with van der Waals surface area (Å²) in [6, 6.07) is 12.0. The van der Waals surface area contributed by atoms with Gasteiger partial charge >= 0.3 is 27.5 Å². The van der Waals surface area contributed by atoms with Gasteiger partial charge in [-0.15, -0.1) is 0 Å². The molecule has 0 heterocycles. The van der Waals surface area contributed by atoms with Gasteiger partial charge in [0.2, 0.25) is 0 Å². The Balaban J connectivity index is 0.000000222. The fraction of sp³-hybridized carbons (Fsp3) is 0. The first-order valence-corrected chi connectivity index (χ1v) is 3.79. The van der Waals surface area contributed by atoms with Gasteiger partial charge in [-0.2, -0.15) is 0 Å². The van der Waals surface area contributed by atoms with Crippen LogP contribution in [-0.4, -0.2) is 24.7 Å². The second kappa shape index (κ2) is 6.90. The fourth-order valence-corrected chi connectivity index (χ4v) is 0.385. The summed E-state index contributed by atoms with van der Waals surface area (Å²) in [4.78, 5) is 0. The minimum Gasteiger partial charge on any atom is -0.0623 e. The Hall–Kier alpha value is -0.0969. The van der Waals surface area contributed by atoms with Crippen molar-refractivity contribution in [2.24, 2.45) is 0 Å². The van der Waals surface area contributed by atoms with Crippen LogP contribution < -0.4 is 0 Å². The maximum atomic E-state index is 8.39. The molecular formula is C6H7BiO. The molecule has 0 aliphatic carbocycles. The average Bonchev–Trinajstić information content (AvgIpc) is 1.96. The minimum atomic E-state index is 0.0556. The molecule has 0 unspecified atom stereocenters. The normalized spacial score (nSPS) is 6.50. The molecule has 0 aliphatic rings. The van der Waals surface area contributed by atoms with E-state index in [1.54, 1.807) is 0 Å². The van der Waals surface area contributed by atoms with E-state index < -0.39 is 0 Å². The van der Waals surface area contributed by atoms with Crippen molar-refractivity contribution >= 4 is 24.7 Å². The van der Waals surface area contributed by atoms with Gasteiger partial charge in [0.1, 0.15) is 0 Å². The fourth-order valence-electron chi connectivity index (χ4n) is 0.385. The molecule has 1 aromatic rings. The van der Waals surface area contributed by atoms with Gasteiger partial charge < -0.3 is 0 Å². The quantitative estimate of drug-likeness (QED) is 0.652. The van der Waals surface area contributed by atoms with Gasteiger partial charge in [-0.25, -0.2) is 0 Å². The number of hydrogen-bond acceptors (Lipinski definition) is 1. The zero-order valence-electron chi connectivity index (χ0n) is 4.37. The molecule has 1 nitrogen and oxygen atoms in total. The van der Waals surface area contributed by atoms with E-state index in [4.69, 9.17) is 2.81 Å². The maximum Gasteiger partial charge on any atom is -0.0623 e. The van der Waals surface area contributed by atoms with E-state index in [1.807, 2.05) is 36.4 Å². The standard InChI is InChI=1S/C6H6.Bi.O.H/c1-2-4-6-5-3-1;;;/h1-6H;;;. The summed E-state index contributed by atoms with van der Waals surface area (Å²) >= 11 is 0.0556. The largest absolute Gasteiger partial charge is 0.0623 e. The molecule has 0 amide bonds. The number of hydrogen-bond donors (Lipinski definition) is 0. The zero-order chi connectivity index (χ0) is 6.24. The van der Waals surface area contributed by atoms with Crippen LogP contribution >= 0.6 is 0 Å². The zero-order valence-corrected chi connectivity index (χ0v) is 8.26. The van der Waals surface area contributed by atoms with Crippen LogP contribution in [0.1, 0.15) is 0 Å². The van der Waals surface area contributed by atoms with Crippen molar-refractivity contribution in [1.82, 2.24) is 0 Å². The van der Waals surface area contributed by atoms with Crippen LogP contribution in [-0.2, 0) is 2.81 Å². The van der Waals surface area contributed by atoms with Crippen LogP contribution in [0.25, 0.3) is 0 Å². The van der Waals surface area contributed by atoms with Gasteiger partial charge in [-0.05, 0) is 0 Å². The molecule has 0 aromatic heterocycles. The molecule has 0 N–H and O–H groups in total. The molecule has 0 atom stereocenters. The van der Waals surface area contributed by atoms with Crippen LogP contribution in [0.5, 0.6) is 0 Å². The SMILES string of the molecule is [O]=[BiH].c1ccccc1. The topological polar surface area (TPSA) is 17.1 Å². The van der Waals surface area contributed by atoms with E-state index in [-0.39, 0.29) is 24.7 Å². The van der Waals surface area contributed by atoms with Gasteiger partial charge in [-0.1, -0.05) is 36.4 Å². The third-order valence-corrected chi connectivity index (χ3v) is 0.667. The smallest absolute Gasteiger partial charge is 0.0623 e. The minimum absolute atomic E-state index is 0.0556. The number of rotatable bonds is 0. The summed E-state index contributed by atoms with van der Waals surface area (Å²) in [5.74, 6) is 0. The first kappa shape index (κ1) is 7.90. The molecular weight excluding hydrogens is 297 g/mol. The van der Waals surface area contributed by atoms with Gasteiger partial charge in [0.15, 0.2) is 0 Å². The van der Waals surface area contributed by atoms with Crippen molar-refractivity contribution < 1.29 is 2.81 Å². The van der Waals surface area contributed by atoms with E-state index >= 15 is 0 Å². The Kier molecular flexibility index (Phi) is 6.82. The molecule has 2 heteroatoms. The van der Waals surface area contributed by atoms with Gasteiger partial charge in [0.25, 0.3) is 0 Å². The van der Waals surface area contributed by atoms with Crippen LogP contribution in [0.2, 0.25) is 0 Å². The van der Waals surface area contributed by atoms with Crippen molar-refractivity contribution in [3.05, 3.63) is 36.4 Å². The molecule has 0 fully saturated rings. The predicted molar refractivity (Wildman–Crippen MR) is 34.3 cm³/mol. The van der Waals surface area contributed by atoms with Gasteiger partial charge in [0, 0.05) is 0 Å². The Morgan fingerprint density at radius 1 is 0.625 bits per heavy atom. The summed E-state index contributed by atoms with van der Waals surface area (Å²) in [7, 11) is 0. The molecule has 0 radical (unpaired) electrons. The molecule has 1 aromatic carbocycles. The molecule has 0 saturated heterocycles. The molecule has 0 saturated carbocycles. The van der Waals surface area contributed by atoms with Crippen molar-refractivity contribution in [2.45, 2.75) is 0 Å². The van der Waals surface area contributed by atoms with Crippen molar-refractivity contribution in [3.63, 3.8) is 0 Å². The van der Waals surface area contributed by atoms with E-state index in [0.29, 0.717) is 0 Å². The van der Waals surface area contributed by atoms with Crippen molar-refractivity contribution in [3.8, 4) is 0 Å². The molecule has 0 aliphatic heterocycles. The first-order chi connectivity index (χ1) is 4.00. The third-order valence-electron chi connectivity index (χ3n) is 0.667. The molecule has 0 bridgehead atoms. The van der Waals surface area contributed by atoms with E-state index in [2.05, 4.69) is 0 Å². The van der Waals surface area contributed by atoms with Crippen molar-refractivity contribution in [2.75, 3.05) is 0 Å². The summed E-state index contributed by atoms with van der Waals surface area (Å²) in [6.45, 7) is 0. The summed E-state index contributed by atoms with van der Waals surface area (Å²) in [5, 5.41) is 0. The molecule has 0 spiro atoms. The second-order valence-electron chi connectivity index (χ2n) is 1.15. The predicted octanol–water partition coefficient (Wildman–Crippen LogP) is 0.919. The summed E-state index contributed by atoms with van der Waals surface area (Å²) < 4.78 is 8.39. The first-order valence-electron chi connectivity index (χ1n) is 2.20. The Labute approximate surface area is 64.0 Å². The second-order valence-corrected chi connectivity index (χ2v) is 1.15. The van der Waals surface area contributed by atoms with Crippen LogP contribution in [0.4, 0.5) is 0 Å². The van der Waals surface area contributed by atoms with Crippen LogP contribution in [0, 0.1) is 0 Å². The van der Waals surface area contributed by atoms with E-state index in [0.717, 1.165) is 0 Å². The average molecular weight is 304 g/mol. The van der Waals surface area contributed by atoms with Crippen LogP contribution in [0.3, 0.4) is 0 Å². The van der Waals surface area contributed by atoms with Gasteiger partial charge in [0.05, 0.1) is 0 Å². The van der Waals surface area contributed by atoms with Crippen LogP contribution in [0.15, 0.2) is 36.4 Å². The summed E-state index contributed by atoms with van der Waals surface area (Å²) in [6.07, 6.45) is 0. The molecule has 1 rings (SSSR count). The summed E-state index contributed by atoms with van der Waals surface area (Å²) in [5.41, 5.74) is 0. The number of benzene rings is 1. The Morgan fingerprint density at radius 2 is 0.750 bits per heavy atom. The molecule has 8 heavy (non-hydrogen) atoms. The van der Waals surface area contributed by atoms with Gasteiger partial charge in [-0.3, -0.25) is 0 Å². The maximum absolute atomic E-state index is 8.39. The Bertz CT molecular complexity index is 91.4. The van der Waals surface area contributed by atoms with E-state index in [1.165, 1.54) is 0 Å². The monoisotopic (exact) mass is 304 g/mol. The third kappa shape index (κ3) is 4.07. The Morgan fingerprint density at radius 3 is 0.875 bits per heavy atom. The molecule has 42 valence electrons.